The molecule has 0 radical (unpaired) electrons. The summed E-state index contributed by atoms with van der Waals surface area (Å²) < 4.78 is 4.90. The highest BCUT2D eigenvalue weighted by molar-refractivity contribution is 7.80. The smallest absolute Gasteiger partial charge is 0.251 e. The molecule has 0 saturated heterocycles. The Hall–Kier alpha value is -1.99. The largest absolute Gasteiger partial charge is 0.383 e. The van der Waals surface area contributed by atoms with Crippen LogP contribution in [0.25, 0.3) is 0 Å². The summed E-state index contributed by atoms with van der Waals surface area (Å²) >= 11 is 5.17. The van der Waals surface area contributed by atoms with Gasteiger partial charge < -0.3 is 20.7 Å². The summed E-state index contributed by atoms with van der Waals surface area (Å²) in [7, 11) is 1.58. The van der Waals surface area contributed by atoms with Crippen LogP contribution in [0.2, 0.25) is 0 Å². The summed E-state index contributed by atoms with van der Waals surface area (Å²) in [6.45, 7) is 3.06. The number of nitrogens with one attached hydrogen (secondary N) is 3. The molecule has 0 aliphatic heterocycles. The van der Waals surface area contributed by atoms with Gasteiger partial charge in [-0.2, -0.15) is 0 Å². The molecule has 144 valence electrons. The predicted molar refractivity (Wildman–Crippen MR) is 108 cm³/mol. The van der Waals surface area contributed by atoms with Crippen LogP contribution >= 0.6 is 12.2 Å². The van der Waals surface area contributed by atoms with E-state index in [9.17, 15) is 9.59 Å². The van der Waals surface area contributed by atoms with Gasteiger partial charge in [0.25, 0.3) is 5.91 Å². The van der Waals surface area contributed by atoms with Gasteiger partial charge in [0.05, 0.1) is 6.61 Å². The molecule has 7 heteroatoms. The second-order valence-corrected chi connectivity index (χ2v) is 6.40. The lowest BCUT2D eigenvalue weighted by atomic mass is 10.1. The van der Waals surface area contributed by atoms with E-state index in [4.69, 9.17) is 17.0 Å². The molecule has 26 heavy (non-hydrogen) atoms. The number of benzene rings is 1. The van der Waals surface area contributed by atoms with Crippen molar-refractivity contribution in [1.29, 1.82) is 0 Å². The third-order valence-electron chi connectivity index (χ3n) is 3.73. The predicted octanol–water partition coefficient (Wildman–Crippen LogP) is 3.24. The second kappa shape index (κ2) is 13.2. The molecule has 0 aliphatic carbocycles. The van der Waals surface area contributed by atoms with E-state index in [2.05, 4.69) is 22.9 Å². The van der Waals surface area contributed by atoms with Crippen LogP contribution in [0.15, 0.2) is 24.3 Å². The Kier molecular flexibility index (Phi) is 11.2. The van der Waals surface area contributed by atoms with Crippen LogP contribution in [0, 0.1) is 0 Å². The fraction of sp³-hybridized carbons (Fsp3) is 0.526. The van der Waals surface area contributed by atoms with Crippen molar-refractivity contribution in [2.75, 3.05) is 25.6 Å². The molecule has 0 atom stereocenters. The molecule has 0 unspecified atom stereocenters. The number of unbranched alkanes of at least 4 members (excludes halogenated alkanes) is 4. The van der Waals surface area contributed by atoms with Crippen LogP contribution in [0.4, 0.5) is 5.69 Å². The summed E-state index contributed by atoms with van der Waals surface area (Å²) in [6, 6.07) is 6.94. The average Bonchev–Trinajstić information content (AvgIpc) is 2.61. The molecule has 0 fully saturated rings. The Morgan fingerprint density at radius 3 is 2.65 bits per heavy atom. The summed E-state index contributed by atoms with van der Waals surface area (Å²) in [6.07, 6.45) is 5.94. The first-order chi connectivity index (χ1) is 12.6. The fourth-order valence-electron chi connectivity index (χ4n) is 2.35. The summed E-state index contributed by atoms with van der Waals surface area (Å²) in [4.78, 5) is 23.9. The van der Waals surface area contributed by atoms with E-state index in [0.29, 0.717) is 30.8 Å². The third-order valence-corrected chi connectivity index (χ3v) is 3.94. The lowest BCUT2D eigenvalue weighted by Gasteiger charge is -2.11. The van der Waals surface area contributed by atoms with Gasteiger partial charge in [-0.05, 0) is 36.8 Å². The van der Waals surface area contributed by atoms with E-state index >= 15 is 0 Å². The van der Waals surface area contributed by atoms with Crippen LogP contribution in [0.1, 0.15) is 55.8 Å². The van der Waals surface area contributed by atoms with Gasteiger partial charge >= 0.3 is 0 Å². The Morgan fingerprint density at radius 1 is 1.15 bits per heavy atom. The molecule has 3 N–H and O–H groups in total. The third kappa shape index (κ3) is 9.48. The zero-order valence-corrected chi connectivity index (χ0v) is 16.4. The van der Waals surface area contributed by atoms with E-state index in [0.717, 1.165) is 19.3 Å². The zero-order chi connectivity index (χ0) is 19.2. The van der Waals surface area contributed by atoms with E-state index < -0.39 is 0 Å². The maximum Gasteiger partial charge on any atom is 0.251 e. The van der Waals surface area contributed by atoms with Crippen molar-refractivity contribution >= 4 is 34.8 Å². The summed E-state index contributed by atoms with van der Waals surface area (Å²) in [5.41, 5.74) is 1.16. The van der Waals surface area contributed by atoms with Crippen molar-refractivity contribution in [3.63, 3.8) is 0 Å². The van der Waals surface area contributed by atoms with Gasteiger partial charge in [-0.15, -0.1) is 0 Å². The molecular formula is C19H29N3O3S. The number of methoxy groups -OCH3 is 1. The van der Waals surface area contributed by atoms with Crippen molar-refractivity contribution in [2.24, 2.45) is 0 Å². The van der Waals surface area contributed by atoms with E-state index in [1.54, 1.807) is 31.4 Å². The van der Waals surface area contributed by atoms with Gasteiger partial charge in [0, 0.05) is 31.3 Å². The molecule has 2 amide bonds. The zero-order valence-electron chi connectivity index (χ0n) is 15.6. The maximum atomic E-state index is 12.0. The normalized spacial score (nSPS) is 10.2. The van der Waals surface area contributed by atoms with Crippen molar-refractivity contribution in [2.45, 2.75) is 45.4 Å². The molecule has 6 nitrogen and oxygen atoms in total. The van der Waals surface area contributed by atoms with Crippen molar-refractivity contribution in [1.82, 2.24) is 10.6 Å². The second-order valence-electron chi connectivity index (χ2n) is 6.00. The first-order valence-electron chi connectivity index (χ1n) is 9.04. The lowest BCUT2D eigenvalue weighted by Crippen LogP contribution is -2.34. The fourth-order valence-corrected chi connectivity index (χ4v) is 2.58. The number of hydrogen-bond donors (Lipinski definition) is 3. The van der Waals surface area contributed by atoms with Crippen molar-refractivity contribution < 1.29 is 14.3 Å². The van der Waals surface area contributed by atoms with Crippen LogP contribution in [0.3, 0.4) is 0 Å². The Balaban J connectivity index is 2.40. The van der Waals surface area contributed by atoms with Crippen LogP contribution in [-0.2, 0) is 9.53 Å². The molecule has 1 rings (SSSR count). The SMILES string of the molecule is CCCCCCCC(=O)NC(=S)Nc1cccc(C(=O)NCCOC)c1. The number of amides is 2. The van der Waals surface area contributed by atoms with Crippen LogP contribution in [0.5, 0.6) is 0 Å². The molecule has 1 aromatic rings. The topological polar surface area (TPSA) is 79.5 Å². The number of anilines is 1. The highest BCUT2D eigenvalue weighted by atomic mass is 32.1. The average molecular weight is 380 g/mol. The van der Waals surface area contributed by atoms with Gasteiger partial charge in [0.1, 0.15) is 0 Å². The standard InChI is InChI=1S/C19H29N3O3S/c1-3-4-5-6-7-11-17(23)22-19(26)21-16-10-8-9-15(14-16)18(24)20-12-13-25-2/h8-10,14H,3-7,11-13H2,1-2H3,(H,20,24)(H2,21,22,23,26). The van der Waals surface area contributed by atoms with Crippen LogP contribution < -0.4 is 16.0 Å². The number of thiocarbonyl (C=S) groups is 1. The van der Waals surface area contributed by atoms with Gasteiger partial charge in [0.15, 0.2) is 5.11 Å². The minimum absolute atomic E-state index is 0.0903. The van der Waals surface area contributed by atoms with Gasteiger partial charge in [-0.3, -0.25) is 9.59 Å². The van der Waals surface area contributed by atoms with E-state index in [1.807, 2.05) is 0 Å². The Morgan fingerprint density at radius 2 is 1.92 bits per heavy atom. The Labute approximate surface area is 161 Å². The van der Waals surface area contributed by atoms with Crippen LogP contribution in [-0.4, -0.2) is 37.2 Å². The highest BCUT2D eigenvalue weighted by Gasteiger charge is 2.08. The summed E-state index contributed by atoms with van der Waals surface area (Å²) in [5.74, 6) is -0.278. The maximum absolute atomic E-state index is 12.0. The van der Waals surface area contributed by atoms with E-state index in [1.165, 1.54) is 12.8 Å². The molecule has 0 bridgehead atoms. The van der Waals surface area contributed by atoms with Gasteiger partial charge in [-0.25, -0.2) is 0 Å². The van der Waals surface area contributed by atoms with Gasteiger partial charge in [-0.1, -0.05) is 38.7 Å². The van der Waals surface area contributed by atoms with E-state index in [-0.39, 0.29) is 16.9 Å². The molecule has 0 aromatic heterocycles. The monoisotopic (exact) mass is 379 g/mol. The number of rotatable bonds is 11. The first kappa shape index (κ1) is 22.1. The molecule has 0 aliphatic rings. The number of hydrogen-bond acceptors (Lipinski definition) is 4. The molecule has 0 saturated carbocycles. The van der Waals surface area contributed by atoms with Crippen molar-refractivity contribution in [3.8, 4) is 0 Å². The quantitative estimate of drug-likeness (QED) is 0.406. The first-order valence-corrected chi connectivity index (χ1v) is 9.45. The number of carbonyl (C=O) groups is 2. The lowest BCUT2D eigenvalue weighted by molar-refractivity contribution is -0.119. The summed E-state index contributed by atoms with van der Waals surface area (Å²) in [5, 5.41) is 8.61. The number of carbonyl (C=O) groups excluding carboxylic acids is 2. The Bertz CT molecular complexity index is 593. The molecule has 0 spiro atoms. The highest BCUT2D eigenvalue weighted by Crippen LogP contribution is 2.11. The minimum Gasteiger partial charge on any atom is -0.383 e. The van der Waals surface area contributed by atoms with Crippen molar-refractivity contribution in [3.05, 3.63) is 29.8 Å². The van der Waals surface area contributed by atoms with Gasteiger partial charge in [0.2, 0.25) is 5.91 Å². The molecule has 0 heterocycles. The number of ether oxygens (including phenoxy) is 1. The minimum atomic E-state index is -0.187. The molecular weight excluding hydrogens is 350 g/mol. The molecule has 1 aromatic carbocycles.